The summed E-state index contributed by atoms with van der Waals surface area (Å²) in [6.07, 6.45) is 1.71. The van der Waals surface area contributed by atoms with Crippen molar-refractivity contribution in [1.82, 2.24) is 9.78 Å². The molecule has 27 heavy (non-hydrogen) atoms. The van der Waals surface area contributed by atoms with Crippen molar-refractivity contribution < 1.29 is 19.1 Å². The average Bonchev–Trinajstić information content (AvgIpc) is 3.12. The van der Waals surface area contributed by atoms with E-state index in [1.54, 1.807) is 66.5 Å². The first-order chi connectivity index (χ1) is 13.1. The zero-order valence-corrected chi connectivity index (χ0v) is 15.0. The summed E-state index contributed by atoms with van der Waals surface area (Å²) in [6.45, 7) is 1.56. The molecule has 3 aromatic rings. The maximum Gasteiger partial charge on any atom is 0.338 e. The number of aromatic nitrogens is 2. The summed E-state index contributed by atoms with van der Waals surface area (Å²) in [7, 11) is 1.54. The maximum absolute atomic E-state index is 12.1. The average molecular weight is 365 g/mol. The molecule has 0 unspecified atom stereocenters. The van der Waals surface area contributed by atoms with E-state index >= 15 is 0 Å². The third-order valence-electron chi connectivity index (χ3n) is 3.87. The molecule has 0 aliphatic heterocycles. The van der Waals surface area contributed by atoms with Crippen molar-refractivity contribution in [2.24, 2.45) is 0 Å². The van der Waals surface area contributed by atoms with Gasteiger partial charge in [0.05, 0.1) is 18.4 Å². The SMILES string of the molecule is COc1cccc(NC(=O)COC(=O)c2ccc(-n3nccc3C)cc2)c1. The minimum atomic E-state index is -0.570. The molecule has 0 radical (unpaired) electrons. The number of aryl methyl sites for hydroxylation is 1. The van der Waals surface area contributed by atoms with Crippen molar-refractivity contribution in [3.05, 3.63) is 72.1 Å². The van der Waals surface area contributed by atoms with E-state index in [2.05, 4.69) is 10.4 Å². The van der Waals surface area contributed by atoms with Crippen molar-refractivity contribution in [3.63, 3.8) is 0 Å². The largest absolute Gasteiger partial charge is 0.497 e. The number of methoxy groups -OCH3 is 1. The van der Waals surface area contributed by atoms with Crippen molar-refractivity contribution in [2.75, 3.05) is 19.0 Å². The number of carbonyl (C=O) groups is 2. The van der Waals surface area contributed by atoms with Gasteiger partial charge < -0.3 is 14.8 Å². The van der Waals surface area contributed by atoms with Gasteiger partial charge in [0.2, 0.25) is 0 Å². The Bertz CT molecular complexity index is 948. The minimum absolute atomic E-state index is 0.359. The van der Waals surface area contributed by atoms with Crippen LogP contribution >= 0.6 is 0 Å². The highest BCUT2D eigenvalue weighted by Gasteiger charge is 2.11. The Hall–Kier alpha value is -3.61. The van der Waals surface area contributed by atoms with Crippen LogP contribution in [0.3, 0.4) is 0 Å². The molecule has 7 heteroatoms. The Morgan fingerprint density at radius 2 is 1.89 bits per heavy atom. The van der Waals surface area contributed by atoms with Crippen LogP contribution in [0.1, 0.15) is 16.1 Å². The summed E-state index contributed by atoms with van der Waals surface area (Å²) < 4.78 is 11.9. The van der Waals surface area contributed by atoms with E-state index in [1.165, 1.54) is 0 Å². The fourth-order valence-corrected chi connectivity index (χ4v) is 2.49. The second-order valence-corrected chi connectivity index (χ2v) is 5.79. The van der Waals surface area contributed by atoms with Crippen molar-refractivity contribution >= 4 is 17.6 Å². The van der Waals surface area contributed by atoms with Crippen LogP contribution in [-0.4, -0.2) is 35.4 Å². The van der Waals surface area contributed by atoms with E-state index in [0.29, 0.717) is 17.0 Å². The lowest BCUT2D eigenvalue weighted by Crippen LogP contribution is -2.21. The van der Waals surface area contributed by atoms with Crippen LogP contribution in [0.15, 0.2) is 60.8 Å². The van der Waals surface area contributed by atoms with Gasteiger partial charge in [0.15, 0.2) is 6.61 Å². The van der Waals surface area contributed by atoms with E-state index in [9.17, 15) is 9.59 Å². The number of ether oxygens (including phenoxy) is 2. The normalized spacial score (nSPS) is 10.3. The Morgan fingerprint density at radius 3 is 2.56 bits per heavy atom. The number of hydrogen-bond acceptors (Lipinski definition) is 5. The van der Waals surface area contributed by atoms with Crippen molar-refractivity contribution in [2.45, 2.75) is 6.92 Å². The van der Waals surface area contributed by atoms with Crippen LogP contribution in [0.2, 0.25) is 0 Å². The summed E-state index contributed by atoms with van der Waals surface area (Å²) >= 11 is 0. The quantitative estimate of drug-likeness (QED) is 0.679. The van der Waals surface area contributed by atoms with Gasteiger partial charge in [0, 0.05) is 23.6 Å². The predicted molar refractivity (Wildman–Crippen MR) is 100 cm³/mol. The molecule has 1 aromatic heterocycles. The Kier molecular flexibility index (Phi) is 5.51. The van der Waals surface area contributed by atoms with Gasteiger partial charge in [-0.15, -0.1) is 0 Å². The van der Waals surface area contributed by atoms with Crippen LogP contribution in [0.4, 0.5) is 5.69 Å². The Labute approximate surface area is 156 Å². The predicted octanol–water partition coefficient (Wildman–Crippen LogP) is 2.98. The topological polar surface area (TPSA) is 82.5 Å². The fourth-order valence-electron chi connectivity index (χ4n) is 2.49. The zero-order chi connectivity index (χ0) is 19.2. The minimum Gasteiger partial charge on any atom is -0.497 e. The highest BCUT2D eigenvalue weighted by atomic mass is 16.5. The molecule has 0 aliphatic rings. The van der Waals surface area contributed by atoms with Gasteiger partial charge in [-0.2, -0.15) is 5.10 Å². The zero-order valence-electron chi connectivity index (χ0n) is 15.0. The molecular weight excluding hydrogens is 346 g/mol. The number of nitrogens with one attached hydrogen (secondary N) is 1. The van der Waals surface area contributed by atoms with Gasteiger partial charge in [0.1, 0.15) is 5.75 Å². The molecule has 1 N–H and O–H groups in total. The number of benzene rings is 2. The lowest BCUT2D eigenvalue weighted by atomic mass is 10.2. The van der Waals surface area contributed by atoms with E-state index < -0.39 is 11.9 Å². The van der Waals surface area contributed by atoms with Gasteiger partial charge in [-0.3, -0.25) is 4.79 Å². The first-order valence-electron chi connectivity index (χ1n) is 8.29. The molecule has 0 saturated carbocycles. The Morgan fingerprint density at radius 1 is 1.11 bits per heavy atom. The van der Waals surface area contributed by atoms with Crippen LogP contribution in [-0.2, 0) is 9.53 Å². The highest BCUT2D eigenvalue weighted by Crippen LogP contribution is 2.16. The molecule has 0 saturated heterocycles. The van der Waals surface area contributed by atoms with E-state index in [1.807, 2.05) is 13.0 Å². The van der Waals surface area contributed by atoms with Crippen molar-refractivity contribution in [3.8, 4) is 11.4 Å². The number of esters is 1. The molecule has 7 nitrogen and oxygen atoms in total. The number of anilines is 1. The highest BCUT2D eigenvalue weighted by molar-refractivity contribution is 5.95. The number of nitrogens with zero attached hydrogens (tertiary/aromatic N) is 2. The van der Waals surface area contributed by atoms with E-state index in [-0.39, 0.29) is 6.61 Å². The van der Waals surface area contributed by atoms with Crippen LogP contribution in [0.25, 0.3) is 5.69 Å². The summed E-state index contributed by atoms with van der Waals surface area (Å²) in [5.74, 6) is -0.378. The van der Waals surface area contributed by atoms with Crippen LogP contribution in [0, 0.1) is 6.92 Å². The second kappa shape index (κ2) is 8.18. The van der Waals surface area contributed by atoms with Crippen molar-refractivity contribution in [1.29, 1.82) is 0 Å². The summed E-state index contributed by atoms with van der Waals surface area (Å²) in [6, 6.07) is 15.6. The molecule has 3 rings (SSSR count). The van der Waals surface area contributed by atoms with Crippen LogP contribution in [0.5, 0.6) is 5.75 Å². The molecule has 2 aromatic carbocycles. The van der Waals surface area contributed by atoms with Gasteiger partial charge >= 0.3 is 5.97 Å². The third kappa shape index (κ3) is 4.52. The summed E-state index contributed by atoms with van der Waals surface area (Å²) in [5, 5.41) is 6.86. The standard InChI is InChI=1S/C20H19N3O4/c1-14-10-11-21-23(14)17-8-6-15(7-9-17)20(25)27-13-19(24)22-16-4-3-5-18(12-16)26-2/h3-12H,13H2,1-2H3,(H,22,24). The molecule has 1 heterocycles. The molecule has 0 aliphatic carbocycles. The van der Waals surface area contributed by atoms with Gasteiger partial charge in [-0.1, -0.05) is 6.07 Å². The van der Waals surface area contributed by atoms with E-state index in [4.69, 9.17) is 9.47 Å². The van der Waals surface area contributed by atoms with Gasteiger partial charge in [-0.05, 0) is 49.4 Å². The number of rotatable bonds is 6. The molecule has 0 spiro atoms. The smallest absolute Gasteiger partial charge is 0.338 e. The van der Waals surface area contributed by atoms with Gasteiger partial charge in [0.25, 0.3) is 5.91 Å². The Balaban J connectivity index is 1.55. The van der Waals surface area contributed by atoms with Crippen LogP contribution < -0.4 is 10.1 Å². The lowest BCUT2D eigenvalue weighted by Gasteiger charge is -2.08. The lowest BCUT2D eigenvalue weighted by molar-refractivity contribution is -0.119. The number of hydrogen-bond donors (Lipinski definition) is 1. The molecule has 0 atom stereocenters. The summed E-state index contributed by atoms with van der Waals surface area (Å²) in [4.78, 5) is 24.1. The molecule has 1 amide bonds. The van der Waals surface area contributed by atoms with Gasteiger partial charge in [-0.25, -0.2) is 9.48 Å². The monoisotopic (exact) mass is 365 g/mol. The number of amides is 1. The molecule has 0 fully saturated rings. The fraction of sp³-hybridized carbons (Fsp3) is 0.150. The number of carbonyl (C=O) groups excluding carboxylic acids is 2. The third-order valence-corrected chi connectivity index (χ3v) is 3.87. The first kappa shape index (κ1) is 18.2. The molecule has 138 valence electrons. The van der Waals surface area contributed by atoms with E-state index in [0.717, 1.165) is 11.4 Å². The molecule has 0 bridgehead atoms. The molecular formula is C20H19N3O4. The first-order valence-corrected chi connectivity index (χ1v) is 8.29. The second-order valence-electron chi connectivity index (χ2n) is 5.79. The summed E-state index contributed by atoms with van der Waals surface area (Å²) in [5.41, 5.74) is 2.75. The maximum atomic E-state index is 12.1.